The van der Waals surface area contributed by atoms with Crippen molar-refractivity contribution in [1.29, 1.82) is 0 Å². The predicted octanol–water partition coefficient (Wildman–Crippen LogP) is 3.57. The van der Waals surface area contributed by atoms with Crippen molar-refractivity contribution in [2.45, 2.75) is 24.9 Å². The number of benzene rings is 2. The molecule has 5 heteroatoms. The van der Waals surface area contributed by atoms with Crippen LogP contribution in [0.15, 0.2) is 54.6 Å². The first-order chi connectivity index (χ1) is 11.6. The first-order valence-corrected chi connectivity index (χ1v) is 9.06. The number of amides is 3. The Morgan fingerprint density at radius 2 is 1.75 bits per heavy atom. The van der Waals surface area contributed by atoms with E-state index in [0.29, 0.717) is 12.3 Å². The van der Waals surface area contributed by atoms with E-state index in [1.165, 1.54) is 10.5 Å². The van der Waals surface area contributed by atoms with Crippen LogP contribution in [0.2, 0.25) is 0 Å². The van der Waals surface area contributed by atoms with Crippen LogP contribution < -0.4 is 0 Å². The van der Waals surface area contributed by atoms with Crippen molar-refractivity contribution >= 4 is 23.7 Å². The van der Waals surface area contributed by atoms with Crippen molar-refractivity contribution in [3.8, 4) is 0 Å². The van der Waals surface area contributed by atoms with Crippen LogP contribution in [0, 0.1) is 6.92 Å². The van der Waals surface area contributed by atoms with E-state index in [9.17, 15) is 9.59 Å². The molecule has 2 aliphatic heterocycles. The lowest BCUT2D eigenvalue weighted by molar-refractivity contribution is -0.128. The molecule has 0 aliphatic carbocycles. The summed E-state index contributed by atoms with van der Waals surface area (Å²) in [7, 11) is 0. The first kappa shape index (κ1) is 15.3. The third-order valence-corrected chi connectivity index (χ3v) is 5.87. The van der Waals surface area contributed by atoms with Crippen molar-refractivity contribution in [3.63, 3.8) is 0 Å². The van der Waals surface area contributed by atoms with Gasteiger partial charge in [0.15, 0.2) is 0 Å². The molecule has 0 N–H and O–H groups in total. The Hall–Kier alpha value is -2.27. The van der Waals surface area contributed by atoms with Gasteiger partial charge in [-0.05, 0) is 18.1 Å². The normalized spacial score (nSPS) is 23.0. The minimum atomic E-state index is -0.335. The zero-order valence-corrected chi connectivity index (χ0v) is 14.2. The van der Waals surface area contributed by atoms with Gasteiger partial charge in [0.05, 0.1) is 6.54 Å². The smallest absolute Gasteiger partial charge is 0.295 e. The molecule has 4 rings (SSSR count). The molecule has 2 aromatic carbocycles. The van der Waals surface area contributed by atoms with Crippen LogP contribution >= 0.6 is 11.8 Å². The van der Waals surface area contributed by atoms with E-state index in [1.54, 1.807) is 16.7 Å². The van der Waals surface area contributed by atoms with E-state index in [2.05, 4.69) is 0 Å². The van der Waals surface area contributed by atoms with Crippen LogP contribution in [0.4, 0.5) is 4.79 Å². The van der Waals surface area contributed by atoms with Gasteiger partial charge < -0.3 is 0 Å². The Bertz CT molecular complexity index is 776. The van der Waals surface area contributed by atoms with Crippen molar-refractivity contribution in [2.75, 3.05) is 5.75 Å². The molecule has 0 spiro atoms. The molecule has 2 aliphatic rings. The standard InChI is InChI=1S/C19H18N2O2S/c1-13-7-9-14(10-8-13)11-20-17(22)16-12-24-18(21(16)19(20)23)15-5-3-2-4-6-15/h2-10,16,18H,11-12H2,1H3/t16-,18?/m0/s1. The fraction of sp³-hybridized carbons (Fsp3) is 0.263. The van der Waals surface area contributed by atoms with Crippen LogP contribution in [-0.4, -0.2) is 33.5 Å². The Balaban J connectivity index is 1.58. The van der Waals surface area contributed by atoms with Crippen molar-refractivity contribution in [2.24, 2.45) is 0 Å². The average molecular weight is 338 g/mol. The number of aryl methyl sites for hydroxylation is 1. The Morgan fingerprint density at radius 1 is 1.04 bits per heavy atom. The number of thioether (sulfide) groups is 1. The Morgan fingerprint density at radius 3 is 2.46 bits per heavy atom. The molecular formula is C19H18N2O2S. The third kappa shape index (κ3) is 2.49. The number of fused-ring (bicyclic) bond motifs is 1. The zero-order valence-electron chi connectivity index (χ0n) is 13.4. The molecule has 4 nitrogen and oxygen atoms in total. The zero-order chi connectivity index (χ0) is 16.7. The monoisotopic (exact) mass is 338 g/mol. The van der Waals surface area contributed by atoms with Crippen LogP contribution in [0.1, 0.15) is 22.1 Å². The summed E-state index contributed by atoms with van der Waals surface area (Å²) in [6.45, 7) is 2.37. The van der Waals surface area contributed by atoms with E-state index < -0.39 is 0 Å². The number of rotatable bonds is 3. The number of imide groups is 1. The number of urea groups is 1. The fourth-order valence-electron chi connectivity index (χ4n) is 3.24. The second-order valence-corrected chi connectivity index (χ2v) is 7.33. The summed E-state index contributed by atoms with van der Waals surface area (Å²) in [4.78, 5) is 28.7. The minimum absolute atomic E-state index is 0.0735. The highest BCUT2D eigenvalue weighted by Gasteiger charge is 2.52. The lowest BCUT2D eigenvalue weighted by Gasteiger charge is -2.23. The van der Waals surface area contributed by atoms with Gasteiger partial charge >= 0.3 is 6.03 Å². The lowest BCUT2D eigenvalue weighted by Crippen LogP contribution is -2.33. The van der Waals surface area contributed by atoms with E-state index in [-0.39, 0.29) is 23.4 Å². The van der Waals surface area contributed by atoms with Gasteiger partial charge in [0.1, 0.15) is 11.4 Å². The van der Waals surface area contributed by atoms with Gasteiger partial charge in [0.2, 0.25) is 0 Å². The van der Waals surface area contributed by atoms with Gasteiger partial charge in [-0.1, -0.05) is 60.2 Å². The van der Waals surface area contributed by atoms with Crippen molar-refractivity contribution in [1.82, 2.24) is 9.80 Å². The van der Waals surface area contributed by atoms with Crippen LogP contribution in [0.25, 0.3) is 0 Å². The Labute approximate surface area is 145 Å². The van der Waals surface area contributed by atoms with Gasteiger partial charge in [-0.25, -0.2) is 4.79 Å². The maximum atomic E-state index is 12.9. The second-order valence-electron chi connectivity index (χ2n) is 6.21. The van der Waals surface area contributed by atoms with Gasteiger partial charge in [-0.3, -0.25) is 14.6 Å². The van der Waals surface area contributed by atoms with E-state index in [0.717, 1.165) is 11.1 Å². The minimum Gasteiger partial charge on any atom is -0.295 e. The highest BCUT2D eigenvalue weighted by Crippen LogP contribution is 2.45. The number of nitrogens with zero attached hydrogens (tertiary/aromatic N) is 2. The molecule has 2 atom stereocenters. The Kier molecular flexibility index (Phi) is 3.81. The summed E-state index contributed by atoms with van der Waals surface area (Å²) >= 11 is 1.66. The van der Waals surface area contributed by atoms with E-state index >= 15 is 0 Å². The van der Waals surface area contributed by atoms with Crippen molar-refractivity contribution < 1.29 is 9.59 Å². The first-order valence-electron chi connectivity index (χ1n) is 8.01. The van der Waals surface area contributed by atoms with Gasteiger partial charge in [0.25, 0.3) is 5.91 Å². The molecule has 2 saturated heterocycles. The molecule has 1 unspecified atom stereocenters. The molecule has 0 bridgehead atoms. The number of carbonyl (C=O) groups is 2. The third-order valence-electron chi connectivity index (χ3n) is 4.55. The molecule has 3 amide bonds. The van der Waals surface area contributed by atoms with Crippen LogP contribution in [0.5, 0.6) is 0 Å². The molecule has 2 heterocycles. The van der Waals surface area contributed by atoms with Gasteiger partial charge in [-0.2, -0.15) is 0 Å². The molecule has 0 saturated carbocycles. The summed E-state index contributed by atoms with van der Waals surface area (Å²) in [5.41, 5.74) is 3.22. The summed E-state index contributed by atoms with van der Waals surface area (Å²) in [5.74, 6) is 0.584. The topological polar surface area (TPSA) is 40.6 Å². The maximum Gasteiger partial charge on any atom is 0.328 e. The molecule has 24 heavy (non-hydrogen) atoms. The molecule has 0 aromatic heterocycles. The van der Waals surface area contributed by atoms with E-state index in [1.807, 2.05) is 61.5 Å². The second kappa shape index (κ2) is 5.98. The number of hydrogen-bond acceptors (Lipinski definition) is 3. The molecular weight excluding hydrogens is 320 g/mol. The fourth-order valence-corrected chi connectivity index (χ4v) is 4.65. The lowest BCUT2D eigenvalue weighted by atomic mass is 10.1. The van der Waals surface area contributed by atoms with Gasteiger partial charge in [0, 0.05) is 5.75 Å². The summed E-state index contributed by atoms with van der Waals surface area (Å²) in [6, 6.07) is 17.4. The largest absolute Gasteiger partial charge is 0.328 e. The summed E-state index contributed by atoms with van der Waals surface area (Å²) < 4.78 is 0. The molecule has 2 fully saturated rings. The maximum absolute atomic E-state index is 12.9. The number of carbonyl (C=O) groups excluding carboxylic acids is 2. The number of hydrogen-bond donors (Lipinski definition) is 0. The molecule has 122 valence electrons. The molecule has 0 radical (unpaired) electrons. The van der Waals surface area contributed by atoms with Gasteiger partial charge in [-0.15, -0.1) is 11.8 Å². The SMILES string of the molecule is Cc1ccc(CN2C(=O)[C@@H]3CSC(c4ccccc4)N3C2=O)cc1. The van der Waals surface area contributed by atoms with Crippen LogP contribution in [0.3, 0.4) is 0 Å². The quantitative estimate of drug-likeness (QED) is 0.803. The predicted molar refractivity (Wildman–Crippen MR) is 94.4 cm³/mol. The van der Waals surface area contributed by atoms with E-state index in [4.69, 9.17) is 0 Å². The highest BCUT2D eigenvalue weighted by molar-refractivity contribution is 7.99. The van der Waals surface area contributed by atoms with Crippen LogP contribution in [-0.2, 0) is 11.3 Å². The molecule has 2 aromatic rings. The summed E-state index contributed by atoms with van der Waals surface area (Å²) in [5, 5.41) is -0.0735. The summed E-state index contributed by atoms with van der Waals surface area (Å²) in [6.07, 6.45) is 0. The average Bonchev–Trinajstić information content (AvgIpc) is 3.14. The van der Waals surface area contributed by atoms with Crippen molar-refractivity contribution in [3.05, 3.63) is 71.3 Å². The highest BCUT2D eigenvalue weighted by atomic mass is 32.2.